The number of carbonyl (C=O) groups excluding carboxylic acids is 5. The van der Waals surface area contributed by atoms with Gasteiger partial charge in [0.25, 0.3) is 0 Å². The Hall–Kier alpha value is -3.47. The van der Waals surface area contributed by atoms with E-state index in [1.165, 1.54) is 6.92 Å². The van der Waals surface area contributed by atoms with Gasteiger partial charge in [0.15, 0.2) is 6.10 Å². The highest BCUT2D eigenvalue weighted by atomic mass is 16.5. The fourth-order valence-electron chi connectivity index (χ4n) is 2.85. The Bertz CT molecular complexity index is 813. The maximum atomic E-state index is 12.7. The Labute approximate surface area is 191 Å². The third kappa shape index (κ3) is 10.6. The molecule has 0 saturated heterocycles. The lowest BCUT2D eigenvalue weighted by Gasteiger charge is -2.21. The molecule has 0 radical (unpaired) electrons. The average molecular weight is 466 g/mol. The average Bonchev–Trinajstić information content (AvgIpc) is 2.80. The van der Waals surface area contributed by atoms with Crippen molar-refractivity contribution in [1.29, 1.82) is 0 Å². The number of benzene rings is 1. The number of carbonyl (C=O) groups is 5. The maximum absolute atomic E-state index is 12.7. The number of hydrogen-bond acceptors (Lipinski definition) is 9. The molecule has 11 nitrogen and oxygen atoms in total. The summed E-state index contributed by atoms with van der Waals surface area (Å²) in [4.78, 5) is 59.8. The fourth-order valence-corrected chi connectivity index (χ4v) is 2.85. The van der Waals surface area contributed by atoms with Crippen LogP contribution in [0.25, 0.3) is 0 Å². The van der Waals surface area contributed by atoms with Crippen molar-refractivity contribution in [2.75, 3.05) is 14.2 Å². The topological polar surface area (TPSA) is 157 Å². The molecule has 0 saturated carbocycles. The minimum Gasteiger partial charge on any atom is -0.467 e. The number of nitrogens with one attached hydrogen (secondary N) is 2. The molecule has 1 unspecified atom stereocenters. The molecule has 0 aromatic heterocycles. The fraction of sp³-hybridized carbons (Fsp3) is 0.500. The van der Waals surface area contributed by atoms with E-state index in [0.29, 0.717) is 0 Å². The van der Waals surface area contributed by atoms with Crippen molar-refractivity contribution >= 4 is 29.7 Å². The van der Waals surface area contributed by atoms with Crippen molar-refractivity contribution in [3.05, 3.63) is 35.9 Å². The van der Waals surface area contributed by atoms with Crippen molar-refractivity contribution in [3.8, 4) is 0 Å². The third-order valence-corrected chi connectivity index (χ3v) is 4.55. The predicted octanol–water partition coefficient (Wildman–Crippen LogP) is -0.0134. The smallest absolute Gasteiger partial charge is 0.334 e. The molecule has 0 spiro atoms. The number of hydrogen-bond donors (Lipinski definition) is 3. The van der Waals surface area contributed by atoms with E-state index in [-0.39, 0.29) is 25.9 Å². The van der Waals surface area contributed by atoms with Crippen LogP contribution < -0.4 is 10.6 Å². The summed E-state index contributed by atoms with van der Waals surface area (Å²) in [7, 11) is 2.27. The molecule has 0 fully saturated rings. The Morgan fingerprint density at radius 3 is 2.12 bits per heavy atom. The molecule has 3 N–H and O–H groups in total. The van der Waals surface area contributed by atoms with Crippen LogP contribution in [0.3, 0.4) is 0 Å². The van der Waals surface area contributed by atoms with E-state index in [0.717, 1.165) is 19.8 Å². The molecule has 33 heavy (non-hydrogen) atoms. The number of esters is 3. The van der Waals surface area contributed by atoms with Crippen LogP contribution >= 0.6 is 0 Å². The molecule has 1 aromatic carbocycles. The number of methoxy groups -OCH3 is 2. The van der Waals surface area contributed by atoms with Crippen molar-refractivity contribution < 1.29 is 43.3 Å². The molecule has 0 aliphatic heterocycles. The van der Waals surface area contributed by atoms with Gasteiger partial charge in [0.05, 0.1) is 20.6 Å². The lowest BCUT2D eigenvalue weighted by Crippen LogP contribution is -2.52. The number of aliphatic hydroxyl groups excluding tert-OH is 1. The van der Waals surface area contributed by atoms with Gasteiger partial charge in [-0.15, -0.1) is 0 Å². The summed E-state index contributed by atoms with van der Waals surface area (Å²) in [6.07, 6.45) is -1.60. The Kier molecular flexibility index (Phi) is 12.2. The van der Waals surface area contributed by atoms with Gasteiger partial charge in [-0.2, -0.15) is 0 Å². The van der Waals surface area contributed by atoms with E-state index < -0.39 is 54.3 Å². The van der Waals surface area contributed by atoms with Gasteiger partial charge in [-0.3, -0.25) is 14.4 Å². The Morgan fingerprint density at radius 2 is 1.55 bits per heavy atom. The SMILES string of the molecule is COC(=O)C(O)CCC[C@H](NC(=O)[C@H](CC(=O)OCc1ccccc1)NC(C)=O)C(=O)OC. The van der Waals surface area contributed by atoms with Crippen molar-refractivity contribution in [2.24, 2.45) is 0 Å². The first-order valence-corrected chi connectivity index (χ1v) is 10.3. The Balaban J connectivity index is 2.72. The van der Waals surface area contributed by atoms with Crippen molar-refractivity contribution in [3.63, 3.8) is 0 Å². The molecule has 1 aromatic rings. The van der Waals surface area contributed by atoms with Crippen LogP contribution in [0.4, 0.5) is 0 Å². The summed E-state index contributed by atoms with van der Waals surface area (Å²) in [5.74, 6) is -3.63. The molecule has 0 heterocycles. The Morgan fingerprint density at radius 1 is 0.909 bits per heavy atom. The van der Waals surface area contributed by atoms with E-state index in [2.05, 4.69) is 20.1 Å². The molecule has 0 aliphatic carbocycles. The predicted molar refractivity (Wildman–Crippen MR) is 114 cm³/mol. The molecule has 182 valence electrons. The van der Waals surface area contributed by atoms with Gasteiger partial charge in [-0.1, -0.05) is 30.3 Å². The minimum absolute atomic E-state index is 0.00138. The molecular formula is C22H30N2O9. The lowest BCUT2D eigenvalue weighted by molar-refractivity contribution is -0.150. The van der Waals surface area contributed by atoms with Crippen LogP contribution in [-0.2, 0) is 44.8 Å². The van der Waals surface area contributed by atoms with Crippen LogP contribution in [0.5, 0.6) is 0 Å². The zero-order valence-corrected chi connectivity index (χ0v) is 18.9. The first kappa shape index (κ1) is 27.6. The molecule has 1 rings (SSSR count). The van der Waals surface area contributed by atoms with Gasteiger partial charge < -0.3 is 30.0 Å². The van der Waals surface area contributed by atoms with E-state index in [1.54, 1.807) is 24.3 Å². The first-order chi connectivity index (χ1) is 15.7. The number of ether oxygens (including phenoxy) is 3. The highest BCUT2D eigenvalue weighted by Crippen LogP contribution is 2.09. The first-order valence-electron chi connectivity index (χ1n) is 10.3. The number of aliphatic hydroxyl groups is 1. The summed E-state index contributed by atoms with van der Waals surface area (Å²) >= 11 is 0. The zero-order chi connectivity index (χ0) is 24.8. The third-order valence-electron chi connectivity index (χ3n) is 4.55. The van der Waals surface area contributed by atoms with Crippen LogP contribution in [0, 0.1) is 0 Å². The van der Waals surface area contributed by atoms with E-state index in [4.69, 9.17) is 4.74 Å². The quantitative estimate of drug-likeness (QED) is 0.268. The molecule has 0 bridgehead atoms. The minimum atomic E-state index is -1.37. The normalized spacial score (nSPS) is 13.1. The van der Waals surface area contributed by atoms with Crippen molar-refractivity contribution in [2.45, 2.75) is 57.4 Å². The van der Waals surface area contributed by atoms with Gasteiger partial charge in [-0.25, -0.2) is 9.59 Å². The molecule has 2 amide bonds. The van der Waals surface area contributed by atoms with Crippen LogP contribution in [0.1, 0.15) is 38.2 Å². The second-order valence-corrected chi connectivity index (χ2v) is 7.16. The summed E-state index contributed by atoms with van der Waals surface area (Å²) in [5, 5.41) is 14.4. The molecule has 11 heteroatoms. The highest BCUT2D eigenvalue weighted by Gasteiger charge is 2.29. The monoisotopic (exact) mass is 466 g/mol. The largest absolute Gasteiger partial charge is 0.467 e. The van der Waals surface area contributed by atoms with E-state index in [9.17, 15) is 29.1 Å². The lowest BCUT2D eigenvalue weighted by atomic mass is 10.1. The zero-order valence-electron chi connectivity index (χ0n) is 18.9. The van der Waals surface area contributed by atoms with Gasteiger partial charge >= 0.3 is 17.9 Å². The summed E-state index contributed by atoms with van der Waals surface area (Å²) < 4.78 is 14.3. The van der Waals surface area contributed by atoms with Crippen LogP contribution in [0.15, 0.2) is 30.3 Å². The van der Waals surface area contributed by atoms with Crippen LogP contribution in [0.2, 0.25) is 0 Å². The van der Waals surface area contributed by atoms with Crippen LogP contribution in [-0.4, -0.2) is 67.2 Å². The number of rotatable bonds is 13. The van der Waals surface area contributed by atoms with Gasteiger partial charge in [0.2, 0.25) is 11.8 Å². The summed E-state index contributed by atoms with van der Waals surface area (Å²) in [6, 6.07) is 6.52. The molecular weight excluding hydrogens is 436 g/mol. The standard InChI is InChI=1S/C22H30N2O9/c1-14(25)23-17(12-19(27)33-13-15-8-5-4-6-9-15)20(28)24-16(21(29)31-2)10-7-11-18(26)22(30)32-3/h4-6,8-9,16-18,26H,7,10-13H2,1-3H3,(H,23,25)(H,24,28)/t16-,17-,18?/m0/s1. The second-order valence-electron chi connectivity index (χ2n) is 7.16. The number of amides is 2. The second kappa shape index (κ2) is 14.6. The van der Waals surface area contributed by atoms with Crippen molar-refractivity contribution in [1.82, 2.24) is 10.6 Å². The van der Waals surface area contributed by atoms with Gasteiger partial charge in [0.1, 0.15) is 18.7 Å². The maximum Gasteiger partial charge on any atom is 0.334 e. The highest BCUT2D eigenvalue weighted by molar-refractivity contribution is 5.92. The van der Waals surface area contributed by atoms with Gasteiger partial charge in [-0.05, 0) is 24.8 Å². The summed E-state index contributed by atoms with van der Waals surface area (Å²) in [6.45, 7) is 1.18. The molecule has 3 atom stereocenters. The van der Waals surface area contributed by atoms with Gasteiger partial charge in [0, 0.05) is 6.92 Å². The summed E-state index contributed by atoms with van der Waals surface area (Å²) in [5.41, 5.74) is 0.756. The van der Waals surface area contributed by atoms with E-state index >= 15 is 0 Å². The van der Waals surface area contributed by atoms with E-state index in [1.807, 2.05) is 6.07 Å². The molecule has 0 aliphatic rings.